The van der Waals surface area contributed by atoms with Gasteiger partial charge in [0.05, 0.1) is 44.1 Å². The van der Waals surface area contributed by atoms with E-state index in [4.69, 9.17) is 9.47 Å². The fourth-order valence-electron chi connectivity index (χ4n) is 5.61. The molecule has 0 radical (unpaired) electrons. The SMILES string of the molecule is COc1cc(C=C2CCCN([C@@H](c3ccc(N4CCOCC4)cc3)C(C)C)C2=O)ccc1-n1cnc(C)c1. The standard InChI is InChI=1S/C31H38N4O3/c1-22(2)30(25-8-10-27(11-9-25)33-14-16-38-17-15-33)35-13-5-6-26(31(35)36)18-24-7-12-28(29(19-24)37-4)34-20-23(3)32-21-34/h7-12,18-22,30H,5-6,13-17H2,1-4H3/t30-/m1/s1. The van der Waals surface area contributed by atoms with Crippen LogP contribution in [-0.4, -0.2) is 60.3 Å². The van der Waals surface area contributed by atoms with Gasteiger partial charge in [-0.2, -0.15) is 0 Å². The summed E-state index contributed by atoms with van der Waals surface area (Å²) in [5.41, 5.74) is 6.08. The average Bonchev–Trinajstić information content (AvgIpc) is 3.37. The number of hydrogen-bond donors (Lipinski definition) is 0. The lowest BCUT2D eigenvalue weighted by Crippen LogP contribution is -2.41. The molecule has 3 aromatic rings. The molecule has 7 nitrogen and oxygen atoms in total. The highest BCUT2D eigenvalue weighted by Crippen LogP contribution is 2.35. The summed E-state index contributed by atoms with van der Waals surface area (Å²) >= 11 is 0. The Bertz CT molecular complexity index is 1290. The van der Waals surface area contributed by atoms with Crippen molar-refractivity contribution in [3.8, 4) is 11.4 Å². The maximum absolute atomic E-state index is 13.8. The molecule has 1 amide bonds. The third-order valence-corrected chi connectivity index (χ3v) is 7.49. The van der Waals surface area contributed by atoms with Gasteiger partial charge in [-0.3, -0.25) is 4.79 Å². The Balaban J connectivity index is 1.38. The fourth-order valence-corrected chi connectivity index (χ4v) is 5.61. The molecule has 1 atom stereocenters. The van der Waals surface area contributed by atoms with Gasteiger partial charge in [-0.25, -0.2) is 4.98 Å². The maximum Gasteiger partial charge on any atom is 0.250 e. The first-order valence-corrected chi connectivity index (χ1v) is 13.6. The van der Waals surface area contributed by atoms with Crippen molar-refractivity contribution in [1.29, 1.82) is 0 Å². The number of imidazole rings is 1. The van der Waals surface area contributed by atoms with Crippen molar-refractivity contribution < 1.29 is 14.3 Å². The van der Waals surface area contributed by atoms with Gasteiger partial charge in [-0.15, -0.1) is 0 Å². The summed E-state index contributed by atoms with van der Waals surface area (Å²) in [6.07, 6.45) is 7.52. The van der Waals surface area contributed by atoms with Gasteiger partial charge in [0.2, 0.25) is 5.91 Å². The van der Waals surface area contributed by atoms with E-state index in [2.05, 4.69) is 52.9 Å². The minimum Gasteiger partial charge on any atom is -0.495 e. The summed E-state index contributed by atoms with van der Waals surface area (Å²) in [4.78, 5) is 22.6. The number of hydrogen-bond acceptors (Lipinski definition) is 5. The Labute approximate surface area is 225 Å². The van der Waals surface area contributed by atoms with Crippen molar-refractivity contribution in [2.75, 3.05) is 44.9 Å². The van der Waals surface area contributed by atoms with Crippen LogP contribution in [0.5, 0.6) is 5.75 Å². The summed E-state index contributed by atoms with van der Waals surface area (Å²) < 4.78 is 13.1. The molecule has 3 heterocycles. The largest absolute Gasteiger partial charge is 0.495 e. The van der Waals surface area contributed by atoms with Crippen molar-refractivity contribution >= 4 is 17.7 Å². The number of carbonyl (C=O) groups is 1. The molecule has 1 aromatic heterocycles. The van der Waals surface area contributed by atoms with Gasteiger partial charge in [0.1, 0.15) is 5.75 Å². The highest BCUT2D eigenvalue weighted by Gasteiger charge is 2.32. The number of methoxy groups -OCH3 is 1. The van der Waals surface area contributed by atoms with Crippen molar-refractivity contribution in [3.63, 3.8) is 0 Å². The molecule has 2 aliphatic rings. The minimum atomic E-state index is 0.0336. The Morgan fingerprint density at radius 1 is 1.05 bits per heavy atom. The van der Waals surface area contributed by atoms with E-state index in [1.165, 1.54) is 11.3 Å². The summed E-state index contributed by atoms with van der Waals surface area (Å²) in [6, 6.07) is 14.9. The number of aromatic nitrogens is 2. The molecule has 7 heteroatoms. The summed E-state index contributed by atoms with van der Waals surface area (Å²) in [6.45, 7) is 10.5. The molecule has 2 fully saturated rings. The van der Waals surface area contributed by atoms with E-state index in [9.17, 15) is 4.79 Å². The van der Waals surface area contributed by atoms with E-state index in [1.807, 2.05) is 42.0 Å². The summed E-state index contributed by atoms with van der Waals surface area (Å²) in [5.74, 6) is 1.17. The number of morpholine rings is 1. The van der Waals surface area contributed by atoms with E-state index in [0.717, 1.165) is 74.0 Å². The van der Waals surface area contributed by atoms with Gasteiger partial charge in [0, 0.05) is 37.1 Å². The van der Waals surface area contributed by atoms with Crippen LogP contribution < -0.4 is 9.64 Å². The molecule has 2 aromatic carbocycles. The van der Waals surface area contributed by atoms with Crippen LogP contribution in [0.15, 0.2) is 60.6 Å². The molecule has 0 aliphatic carbocycles. The van der Waals surface area contributed by atoms with Crippen LogP contribution in [0.2, 0.25) is 0 Å². The van der Waals surface area contributed by atoms with Crippen LogP contribution in [0, 0.1) is 12.8 Å². The number of nitrogens with zero attached hydrogens (tertiary/aromatic N) is 4. The van der Waals surface area contributed by atoms with Gasteiger partial charge in [0.15, 0.2) is 0 Å². The first-order valence-electron chi connectivity index (χ1n) is 13.6. The van der Waals surface area contributed by atoms with E-state index >= 15 is 0 Å². The Kier molecular flexibility index (Phi) is 7.84. The molecule has 0 saturated carbocycles. The summed E-state index contributed by atoms with van der Waals surface area (Å²) in [5, 5.41) is 0. The number of rotatable bonds is 7. The predicted molar refractivity (Wildman–Crippen MR) is 151 cm³/mol. The molecule has 0 N–H and O–H groups in total. The topological polar surface area (TPSA) is 59.8 Å². The number of piperidine rings is 1. The highest BCUT2D eigenvalue weighted by atomic mass is 16.5. The lowest BCUT2D eigenvalue weighted by Gasteiger charge is -2.38. The van der Waals surface area contributed by atoms with Gasteiger partial charge >= 0.3 is 0 Å². The van der Waals surface area contributed by atoms with Crippen LogP contribution in [0.3, 0.4) is 0 Å². The lowest BCUT2D eigenvalue weighted by atomic mass is 9.90. The van der Waals surface area contributed by atoms with Gasteiger partial charge in [-0.1, -0.05) is 32.0 Å². The number of carbonyl (C=O) groups excluding carboxylic acids is 1. The molecule has 0 bridgehead atoms. The monoisotopic (exact) mass is 514 g/mol. The Hall–Kier alpha value is -3.58. The first-order chi connectivity index (χ1) is 18.4. The minimum absolute atomic E-state index is 0.0336. The number of amides is 1. The quantitative estimate of drug-likeness (QED) is 0.394. The number of anilines is 1. The van der Waals surface area contributed by atoms with Crippen LogP contribution in [0.25, 0.3) is 11.8 Å². The maximum atomic E-state index is 13.8. The van der Waals surface area contributed by atoms with Gasteiger partial charge in [0.25, 0.3) is 0 Å². The molecule has 2 saturated heterocycles. The molecule has 0 spiro atoms. The van der Waals surface area contributed by atoms with Crippen molar-refractivity contribution in [3.05, 3.63) is 77.4 Å². The van der Waals surface area contributed by atoms with Crippen molar-refractivity contribution in [2.24, 2.45) is 5.92 Å². The normalized spacial score (nSPS) is 18.3. The molecule has 2 aliphatic heterocycles. The third kappa shape index (κ3) is 5.48. The molecular weight excluding hydrogens is 476 g/mol. The van der Waals surface area contributed by atoms with Crippen LogP contribution in [0.4, 0.5) is 5.69 Å². The second-order valence-electron chi connectivity index (χ2n) is 10.5. The lowest BCUT2D eigenvalue weighted by molar-refractivity contribution is -0.132. The van der Waals surface area contributed by atoms with E-state index in [1.54, 1.807) is 13.4 Å². The summed E-state index contributed by atoms with van der Waals surface area (Å²) in [7, 11) is 1.67. The molecule has 38 heavy (non-hydrogen) atoms. The van der Waals surface area contributed by atoms with Crippen molar-refractivity contribution in [1.82, 2.24) is 14.5 Å². The van der Waals surface area contributed by atoms with Crippen LogP contribution in [0.1, 0.15) is 49.6 Å². The molecule has 0 unspecified atom stereocenters. The highest BCUT2D eigenvalue weighted by molar-refractivity contribution is 5.99. The molecular formula is C31H38N4O3. The van der Waals surface area contributed by atoms with E-state index in [-0.39, 0.29) is 11.9 Å². The third-order valence-electron chi connectivity index (χ3n) is 7.49. The number of aryl methyl sites for hydroxylation is 1. The zero-order valence-corrected chi connectivity index (χ0v) is 22.9. The van der Waals surface area contributed by atoms with Gasteiger partial charge in [-0.05, 0) is 67.2 Å². The zero-order valence-electron chi connectivity index (χ0n) is 22.9. The first kappa shape index (κ1) is 26.0. The number of benzene rings is 2. The Morgan fingerprint density at radius 2 is 1.82 bits per heavy atom. The van der Waals surface area contributed by atoms with Gasteiger partial charge < -0.3 is 23.8 Å². The molecule has 5 rings (SSSR count). The number of ether oxygens (including phenoxy) is 2. The zero-order chi connectivity index (χ0) is 26.6. The number of likely N-dealkylation sites (tertiary alicyclic amines) is 1. The smallest absolute Gasteiger partial charge is 0.250 e. The fraction of sp³-hybridized carbons (Fsp3) is 0.419. The average molecular weight is 515 g/mol. The second-order valence-corrected chi connectivity index (χ2v) is 10.5. The van der Waals surface area contributed by atoms with E-state index in [0.29, 0.717) is 5.92 Å². The second kappa shape index (κ2) is 11.4. The van der Waals surface area contributed by atoms with Crippen LogP contribution >= 0.6 is 0 Å². The predicted octanol–water partition coefficient (Wildman–Crippen LogP) is 5.43. The van der Waals surface area contributed by atoms with Crippen molar-refractivity contribution in [2.45, 2.75) is 39.7 Å². The molecule has 200 valence electrons. The Morgan fingerprint density at radius 3 is 2.47 bits per heavy atom. The van der Waals surface area contributed by atoms with Crippen LogP contribution in [-0.2, 0) is 9.53 Å². The van der Waals surface area contributed by atoms with E-state index < -0.39 is 0 Å².